The van der Waals surface area contributed by atoms with E-state index in [4.69, 9.17) is 16.3 Å². The van der Waals surface area contributed by atoms with Crippen LogP contribution in [0.15, 0.2) is 18.2 Å². The van der Waals surface area contributed by atoms with Gasteiger partial charge in [0.25, 0.3) is 5.91 Å². The molecule has 0 radical (unpaired) electrons. The molecule has 2 N–H and O–H groups in total. The number of halogens is 1. The molecular formula is C13H19ClN2O2. The smallest absolute Gasteiger partial charge is 0.253 e. The van der Waals surface area contributed by atoms with Crippen LogP contribution in [0.1, 0.15) is 24.2 Å². The number of hydrogen-bond donors (Lipinski definition) is 2. The molecule has 100 valence electrons. The van der Waals surface area contributed by atoms with Crippen molar-refractivity contribution in [2.24, 2.45) is 0 Å². The summed E-state index contributed by atoms with van der Waals surface area (Å²) in [6.45, 7) is 4.89. The number of nitrogens with one attached hydrogen (secondary N) is 2. The number of rotatable bonds is 6. The van der Waals surface area contributed by atoms with Crippen LogP contribution in [-0.2, 0) is 4.74 Å². The number of carbonyl (C=O) groups is 1. The molecule has 1 aromatic rings. The van der Waals surface area contributed by atoms with E-state index in [-0.39, 0.29) is 12.0 Å². The van der Waals surface area contributed by atoms with Crippen molar-refractivity contribution in [1.29, 1.82) is 0 Å². The molecule has 0 aliphatic heterocycles. The molecule has 0 aliphatic rings. The Kier molecular flexibility index (Phi) is 5.95. The van der Waals surface area contributed by atoms with E-state index in [0.29, 0.717) is 23.7 Å². The molecule has 0 atom stereocenters. The standard InChI is InChI=1S/C13H19ClN2O2/c1-9(2)18-7-6-16-13(17)11-8-10(14)4-5-12(11)15-3/h4-5,8-9,15H,6-7H2,1-3H3,(H,16,17). The van der Waals surface area contributed by atoms with Crippen molar-refractivity contribution >= 4 is 23.2 Å². The second-order valence-corrected chi connectivity index (χ2v) is 4.55. The quantitative estimate of drug-likeness (QED) is 0.781. The maximum absolute atomic E-state index is 12.0. The van der Waals surface area contributed by atoms with Gasteiger partial charge in [0, 0.05) is 24.3 Å². The van der Waals surface area contributed by atoms with Crippen molar-refractivity contribution < 1.29 is 9.53 Å². The van der Waals surface area contributed by atoms with Gasteiger partial charge in [0.05, 0.1) is 18.3 Å². The fourth-order valence-electron chi connectivity index (χ4n) is 1.48. The van der Waals surface area contributed by atoms with Crippen LogP contribution in [0, 0.1) is 0 Å². The largest absolute Gasteiger partial charge is 0.387 e. The first-order chi connectivity index (χ1) is 8.54. The van der Waals surface area contributed by atoms with Crippen LogP contribution in [0.2, 0.25) is 5.02 Å². The van der Waals surface area contributed by atoms with Gasteiger partial charge in [0.1, 0.15) is 0 Å². The lowest BCUT2D eigenvalue weighted by molar-refractivity contribution is 0.0747. The summed E-state index contributed by atoms with van der Waals surface area (Å²) in [7, 11) is 1.77. The molecule has 5 heteroatoms. The van der Waals surface area contributed by atoms with Crippen LogP contribution in [0.5, 0.6) is 0 Å². The fraction of sp³-hybridized carbons (Fsp3) is 0.462. The summed E-state index contributed by atoms with van der Waals surface area (Å²) < 4.78 is 5.35. The van der Waals surface area contributed by atoms with Crippen LogP contribution in [0.25, 0.3) is 0 Å². The maximum Gasteiger partial charge on any atom is 0.253 e. The highest BCUT2D eigenvalue weighted by Crippen LogP contribution is 2.19. The van der Waals surface area contributed by atoms with Crippen LogP contribution in [0.4, 0.5) is 5.69 Å². The topological polar surface area (TPSA) is 50.4 Å². The maximum atomic E-state index is 12.0. The minimum atomic E-state index is -0.158. The third-order valence-electron chi connectivity index (χ3n) is 2.33. The molecule has 0 aliphatic carbocycles. The summed E-state index contributed by atoms with van der Waals surface area (Å²) in [5.41, 5.74) is 1.29. The van der Waals surface area contributed by atoms with Crippen molar-refractivity contribution in [1.82, 2.24) is 5.32 Å². The molecule has 0 bridgehead atoms. The van der Waals surface area contributed by atoms with Crippen LogP contribution in [-0.4, -0.2) is 32.2 Å². The number of anilines is 1. The zero-order valence-electron chi connectivity index (χ0n) is 10.9. The Labute approximate surface area is 113 Å². The molecule has 1 rings (SSSR count). The monoisotopic (exact) mass is 270 g/mol. The summed E-state index contributed by atoms with van der Waals surface area (Å²) in [6, 6.07) is 5.17. The number of ether oxygens (including phenoxy) is 1. The Morgan fingerprint density at radius 2 is 2.17 bits per heavy atom. The van der Waals surface area contributed by atoms with Gasteiger partial charge >= 0.3 is 0 Å². The molecule has 4 nitrogen and oxygen atoms in total. The molecule has 1 aromatic carbocycles. The summed E-state index contributed by atoms with van der Waals surface area (Å²) in [6.07, 6.45) is 0.168. The van der Waals surface area contributed by atoms with E-state index in [9.17, 15) is 4.79 Å². The summed E-state index contributed by atoms with van der Waals surface area (Å²) in [4.78, 5) is 12.0. The van der Waals surface area contributed by atoms with E-state index >= 15 is 0 Å². The second kappa shape index (κ2) is 7.24. The minimum absolute atomic E-state index is 0.158. The first kappa shape index (κ1) is 14.8. The van der Waals surface area contributed by atoms with Gasteiger partial charge in [0.15, 0.2) is 0 Å². The van der Waals surface area contributed by atoms with Crippen molar-refractivity contribution in [3.63, 3.8) is 0 Å². The zero-order valence-corrected chi connectivity index (χ0v) is 11.7. The first-order valence-corrected chi connectivity index (χ1v) is 6.29. The van der Waals surface area contributed by atoms with E-state index in [1.54, 1.807) is 25.2 Å². The van der Waals surface area contributed by atoms with Gasteiger partial charge in [-0.2, -0.15) is 0 Å². The molecular weight excluding hydrogens is 252 g/mol. The van der Waals surface area contributed by atoms with Gasteiger partial charge in [0.2, 0.25) is 0 Å². The predicted octanol–water partition coefficient (Wildman–Crippen LogP) is 2.54. The molecule has 0 aromatic heterocycles. The van der Waals surface area contributed by atoms with Crippen molar-refractivity contribution in [3.8, 4) is 0 Å². The molecule has 0 unspecified atom stereocenters. The number of amides is 1. The average molecular weight is 271 g/mol. The van der Waals surface area contributed by atoms with Crippen molar-refractivity contribution in [3.05, 3.63) is 28.8 Å². The Morgan fingerprint density at radius 3 is 2.78 bits per heavy atom. The minimum Gasteiger partial charge on any atom is -0.387 e. The van der Waals surface area contributed by atoms with Gasteiger partial charge in [-0.3, -0.25) is 4.79 Å². The number of carbonyl (C=O) groups excluding carboxylic acids is 1. The van der Waals surface area contributed by atoms with E-state index < -0.39 is 0 Å². The molecule has 0 heterocycles. The van der Waals surface area contributed by atoms with Crippen molar-refractivity contribution in [2.75, 3.05) is 25.5 Å². The Morgan fingerprint density at radius 1 is 1.44 bits per heavy atom. The highest BCUT2D eigenvalue weighted by Gasteiger charge is 2.10. The van der Waals surface area contributed by atoms with Gasteiger partial charge < -0.3 is 15.4 Å². The predicted molar refractivity (Wildman–Crippen MR) is 74.4 cm³/mol. The normalized spacial score (nSPS) is 10.5. The van der Waals surface area contributed by atoms with Crippen LogP contribution < -0.4 is 10.6 Å². The van der Waals surface area contributed by atoms with E-state index in [2.05, 4.69) is 10.6 Å². The highest BCUT2D eigenvalue weighted by atomic mass is 35.5. The number of hydrogen-bond acceptors (Lipinski definition) is 3. The zero-order chi connectivity index (χ0) is 13.5. The summed E-state index contributed by atoms with van der Waals surface area (Å²) in [5, 5.41) is 6.29. The SMILES string of the molecule is CNc1ccc(Cl)cc1C(=O)NCCOC(C)C. The molecule has 18 heavy (non-hydrogen) atoms. The average Bonchev–Trinajstić information content (AvgIpc) is 2.34. The molecule has 0 saturated carbocycles. The lowest BCUT2D eigenvalue weighted by atomic mass is 10.1. The van der Waals surface area contributed by atoms with E-state index in [0.717, 1.165) is 5.69 Å². The Hall–Kier alpha value is -1.26. The van der Waals surface area contributed by atoms with Gasteiger partial charge in [-0.05, 0) is 32.0 Å². The van der Waals surface area contributed by atoms with Gasteiger partial charge in [-0.25, -0.2) is 0 Å². The highest BCUT2D eigenvalue weighted by molar-refractivity contribution is 6.31. The summed E-state index contributed by atoms with van der Waals surface area (Å²) in [5.74, 6) is -0.158. The molecule has 0 saturated heterocycles. The lowest BCUT2D eigenvalue weighted by Gasteiger charge is -2.11. The van der Waals surface area contributed by atoms with E-state index in [1.165, 1.54) is 0 Å². The van der Waals surface area contributed by atoms with E-state index in [1.807, 2.05) is 13.8 Å². The first-order valence-electron chi connectivity index (χ1n) is 5.91. The van der Waals surface area contributed by atoms with Crippen LogP contribution in [0.3, 0.4) is 0 Å². The third-order valence-corrected chi connectivity index (χ3v) is 2.57. The Balaban J connectivity index is 2.58. The van der Waals surface area contributed by atoms with Crippen molar-refractivity contribution in [2.45, 2.75) is 20.0 Å². The molecule has 0 spiro atoms. The van der Waals surface area contributed by atoms with Gasteiger partial charge in [-0.15, -0.1) is 0 Å². The molecule has 1 amide bonds. The molecule has 0 fully saturated rings. The summed E-state index contributed by atoms with van der Waals surface area (Å²) >= 11 is 5.89. The number of benzene rings is 1. The van der Waals surface area contributed by atoms with Gasteiger partial charge in [-0.1, -0.05) is 11.6 Å². The second-order valence-electron chi connectivity index (χ2n) is 4.12. The van der Waals surface area contributed by atoms with Crippen LogP contribution >= 0.6 is 11.6 Å². The Bertz CT molecular complexity index is 408. The lowest BCUT2D eigenvalue weighted by Crippen LogP contribution is -2.28. The fourth-order valence-corrected chi connectivity index (χ4v) is 1.65. The third kappa shape index (κ3) is 4.55.